The van der Waals surface area contributed by atoms with E-state index in [0.29, 0.717) is 28.7 Å². The average molecular weight is 407 g/mol. The predicted molar refractivity (Wildman–Crippen MR) is 117 cm³/mol. The molecule has 0 saturated heterocycles. The summed E-state index contributed by atoms with van der Waals surface area (Å²) in [5.41, 5.74) is 1.91. The minimum Gasteiger partial charge on any atom is -0.480 e. The van der Waals surface area contributed by atoms with Gasteiger partial charge in [0.2, 0.25) is 5.91 Å². The quantitative estimate of drug-likeness (QED) is 0.565. The molecule has 3 N–H and O–H groups in total. The lowest BCUT2D eigenvalue weighted by molar-refractivity contribution is -0.137. The molecule has 1 heterocycles. The Kier molecular flexibility index (Phi) is 5.91. The molecule has 0 fully saturated rings. The molecule has 2 amide bonds. The zero-order valence-corrected chi connectivity index (χ0v) is 17.2. The van der Waals surface area contributed by atoms with Gasteiger partial charge in [-0.2, -0.15) is 0 Å². The lowest BCUT2D eigenvalue weighted by Gasteiger charge is -2.17. The van der Waals surface area contributed by atoms with Crippen molar-refractivity contribution in [3.63, 3.8) is 0 Å². The number of carboxylic acid groups (broad SMARTS) is 1. The molecule has 0 atom stereocenters. The van der Waals surface area contributed by atoms with Crippen molar-refractivity contribution in [2.45, 2.75) is 33.7 Å². The van der Waals surface area contributed by atoms with Crippen LogP contribution in [0.4, 0.5) is 11.4 Å². The molecule has 0 aliphatic rings. The van der Waals surface area contributed by atoms with Gasteiger partial charge in [-0.25, -0.2) is 0 Å². The Balaban J connectivity index is 1.93. The number of amides is 2. The number of anilines is 2. The Labute approximate surface area is 174 Å². The highest BCUT2D eigenvalue weighted by Crippen LogP contribution is 2.26. The van der Waals surface area contributed by atoms with E-state index in [-0.39, 0.29) is 23.6 Å². The highest BCUT2D eigenvalue weighted by Gasteiger charge is 2.19. The molecular weight excluding hydrogens is 382 g/mol. The number of aliphatic carboxylic acids is 1. The molecule has 0 saturated carbocycles. The second-order valence-electron chi connectivity index (χ2n) is 8.39. The van der Waals surface area contributed by atoms with Crippen molar-refractivity contribution in [3.8, 4) is 0 Å². The van der Waals surface area contributed by atoms with Crippen LogP contribution in [0.3, 0.4) is 0 Å². The summed E-state index contributed by atoms with van der Waals surface area (Å²) in [4.78, 5) is 36.4. The maximum absolute atomic E-state index is 12.8. The maximum Gasteiger partial charge on any atom is 0.323 e. The highest BCUT2D eigenvalue weighted by molar-refractivity contribution is 6.07. The van der Waals surface area contributed by atoms with Crippen LogP contribution in [0.25, 0.3) is 10.9 Å². The fraction of sp³-hybridized carbons (Fsp3) is 0.261. The standard InChI is InChI=1S/C23H25N3O4/c1-23(2,3)13-20(27)24-17-9-10-18-15(11-17)12-19(26(18)14-21(28)29)22(30)25-16-7-5-4-6-8-16/h4-12H,13-14H2,1-3H3,(H,24,27)(H,25,30)(H,28,29). The van der Waals surface area contributed by atoms with Crippen LogP contribution in [0.15, 0.2) is 54.6 Å². The second kappa shape index (κ2) is 8.41. The normalized spacial score (nSPS) is 11.3. The van der Waals surface area contributed by atoms with E-state index in [1.165, 1.54) is 4.57 Å². The van der Waals surface area contributed by atoms with Gasteiger partial charge in [-0.1, -0.05) is 39.0 Å². The van der Waals surface area contributed by atoms with Crippen LogP contribution in [-0.2, 0) is 16.1 Å². The Bertz CT molecular complexity index is 1090. The molecule has 30 heavy (non-hydrogen) atoms. The lowest BCUT2D eigenvalue weighted by atomic mass is 9.92. The fourth-order valence-corrected chi connectivity index (χ4v) is 3.25. The van der Waals surface area contributed by atoms with Crippen molar-refractivity contribution in [1.82, 2.24) is 4.57 Å². The number of hydrogen-bond donors (Lipinski definition) is 3. The summed E-state index contributed by atoms with van der Waals surface area (Å²) < 4.78 is 1.46. The predicted octanol–water partition coefficient (Wildman–Crippen LogP) is 4.35. The number of nitrogens with one attached hydrogen (secondary N) is 2. The van der Waals surface area contributed by atoms with Gasteiger partial charge in [-0.05, 0) is 41.8 Å². The minimum absolute atomic E-state index is 0.103. The van der Waals surface area contributed by atoms with Gasteiger partial charge in [0.15, 0.2) is 0 Å². The zero-order valence-electron chi connectivity index (χ0n) is 17.2. The van der Waals surface area contributed by atoms with Gasteiger partial charge in [0.25, 0.3) is 5.91 Å². The number of aromatic nitrogens is 1. The fourth-order valence-electron chi connectivity index (χ4n) is 3.25. The van der Waals surface area contributed by atoms with Gasteiger partial charge >= 0.3 is 5.97 Å². The first-order chi connectivity index (χ1) is 14.1. The smallest absolute Gasteiger partial charge is 0.323 e. The van der Waals surface area contributed by atoms with Crippen molar-refractivity contribution in [1.29, 1.82) is 0 Å². The van der Waals surface area contributed by atoms with Crippen molar-refractivity contribution in [2.75, 3.05) is 10.6 Å². The van der Waals surface area contributed by atoms with Gasteiger partial charge < -0.3 is 20.3 Å². The summed E-state index contributed by atoms with van der Waals surface area (Å²) in [7, 11) is 0. The van der Waals surface area contributed by atoms with Crippen molar-refractivity contribution >= 4 is 40.1 Å². The molecule has 2 aromatic carbocycles. The van der Waals surface area contributed by atoms with E-state index in [1.807, 2.05) is 26.8 Å². The third-order valence-corrected chi connectivity index (χ3v) is 4.43. The minimum atomic E-state index is -1.05. The van der Waals surface area contributed by atoms with E-state index in [0.717, 1.165) is 0 Å². The summed E-state index contributed by atoms with van der Waals surface area (Å²) >= 11 is 0. The Hall–Kier alpha value is -3.61. The number of nitrogens with zero attached hydrogens (tertiary/aromatic N) is 1. The number of para-hydroxylation sites is 1. The molecular formula is C23H25N3O4. The summed E-state index contributed by atoms with van der Waals surface area (Å²) in [5, 5.41) is 15.6. The molecule has 156 valence electrons. The molecule has 0 spiro atoms. The number of hydrogen-bond acceptors (Lipinski definition) is 3. The van der Waals surface area contributed by atoms with Gasteiger partial charge in [0, 0.05) is 28.7 Å². The molecule has 0 bridgehead atoms. The van der Waals surface area contributed by atoms with Gasteiger partial charge in [0.1, 0.15) is 12.2 Å². The van der Waals surface area contributed by atoms with E-state index in [1.54, 1.807) is 48.5 Å². The molecule has 3 rings (SSSR count). The number of benzene rings is 2. The van der Waals surface area contributed by atoms with E-state index in [4.69, 9.17) is 0 Å². The van der Waals surface area contributed by atoms with E-state index >= 15 is 0 Å². The van der Waals surface area contributed by atoms with Crippen LogP contribution in [-0.4, -0.2) is 27.5 Å². The maximum atomic E-state index is 12.8. The highest BCUT2D eigenvalue weighted by atomic mass is 16.4. The largest absolute Gasteiger partial charge is 0.480 e. The van der Waals surface area contributed by atoms with Crippen molar-refractivity contribution < 1.29 is 19.5 Å². The second-order valence-corrected chi connectivity index (χ2v) is 8.39. The molecule has 7 heteroatoms. The third-order valence-electron chi connectivity index (χ3n) is 4.43. The van der Waals surface area contributed by atoms with E-state index in [2.05, 4.69) is 10.6 Å². The first-order valence-electron chi connectivity index (χ1n) is 9.64. The Morgan fingerprint density at radius 1 is 0.933 bits per heavy atom. The molecule has 0 unspecified atom stereocenters. The van der Waals surface area contributed by atoms with Gasteiger partial charge in [-0.3, -0.25) is 14.4 Å². The first kappa shape index (κ1) is 21.1. The van der Waals surface area contributed by atoms with Crippen LogP contribution < -0.4 is 10.6 Å². The van der Waals surface area contributed by atoms with Crippen molar-refractivity contribution in [2.24, 2.45) is 5.41 Å². The lowest BCUT2D eigenvalue weighted by Crippen LogP contribution is -2.20. The van der Waals surface area contributed by atoms with E-state index < -0.39 is 11.9 Å². The average Bonchev–Trinajstić information content (AvgIpc) is 2.98. The van der Waals surface area contributed by atoms with Crippen LogP contribution in [0.1, 0.15) is 37.7 Å². The topological polar surface area (TPSA) is 100 Å². The molecule has 3 aromatic rings. The van der Waals surface area contributed by atoms with Crippen LogP contribution in [0, 0.1) is 5.41 Å². The molecule has 1 aromatic heterocycles. The monoisotopic (exact) mass is 407 g/mol. The first-order valence-corrected chi connectivity index (χ1v) is 9.64. The summed E-state index contributed by atoms with van der Waals surface area (Å²) in [6.07, 6.45) is 0.371. The molecule has 0 radical (unpaired) electrons. The van der Waals surface area contributed by atoms with Gasteiger partial charge in [0.05, 0.1) is 0 Å². The van der Waals surface area contributed by atoms with Crippen LogP contribution >= 0.6 is 0 Å². The molecule has 0 aliphatic heterocycles. The SMILES string of the molecule is CC(C)(C)CC(=O)Nc1ccc2c(c1)cc(C(=O)Nc1ccccc1)n2CC(=O)O. The molecule has 7 nitrogen and oxygen atoms in total. The van der Waals surface area contributed by atoms with Crippen LogP contribution in [0.5, 0.6) is 0 Å². The zero-order chi connectivity index (χ0) is 21.9. The Morgan fingerprint density at radius 3 is 2.27 bits per heavy atom. The summed E-state index contributed by atoms with van der Waals surface area (Å²) in [6.45, 7) is 5.61. The van der Waals surface area contributed by atoms with Gasteiger partial charge in [-0.15, -0.1) is 0 Å². The number of carboxylic acids is 1. The van der Waals surface area contributed by atoms with E-state index in [9.17, 15) is 19.5 Å². The summed E-state index contributed by atoms with van der Waals surface area (Å²) in [6, 6.07) is 15.8. The molecule has 0 aliphatic carbocycles. The number of rotatable bonds is 6. The van der Waals surface area contributed by atoms with Crippen LogP contribution in [0.2, 0.25) is 0 Å². The number of fused-ring (bicyclic) bond motifs is 1. The third kappa shape index (κ3) is 5.26. The summed E-state index contributed by atoms with van der Waals surface area (Å²) in [5.74, 6) is -1.56. The van der Waals surface area contributed by atoms with Crippen molar-refractivity contribution in [3.05, 3.63) is 60.3 Å². The number of carbonyl (C=O) groups is 3. The Morgan fingerprint density at radius 2 is 1.63 bits per heavy atom. The number of carbonyl (C=O) groups excluding carboxylic acids is 2.